The van der Waals surface area contributed by atoms with Crippen LogP contribution in [0.5, 0.6) is 0 Å². The molecular formula is C5H7N5. The van der Waals surface area contributed by atoms with Crippen LogP contribution in [-0.4, -0.2) is 34.3 Å². The van der Waals surface area contributed by atoms with Crippen molar-refractivity contribution in [3.8, 4) is 0 Å². The van der Waals surface area contributed by atoms with Gasteiger partial charge >= 0.3 is 0 Å². The molecule has 0 aliphatic carbocycles. The van der Waals surface area contributed by atoms with E-state index in [1.54, 1.807) is 12.7 Å². The lowest BCUT2D eigenvalue weighted by Crippen LogP contribution is -2.30. The summed E-state index contributed by atoms with van der Waals surface area (Å²) in [5.41, 5.74) is 0. The van der Waals surface area contributed by atoms with Gasteiger partial charge in [-0.05, 0) is 0 Å². The molecule has 0 N–H and O–H groups in total. The lowest BCUT2D eigenvalue weighted by atomic mass is 10.7. The summed E-state index contributed by atoms with van der Waals surface area (Å²) in [5, 5.41) is 9.38. The molecule has 0 saturated heterocycles. The van der Waals surface area contributed by atoms with Crippen molar-refractivity contribution in [1.29, 1.82) is 0 Å². The van der Waals surface area contributed by atoms with Gasteiger partial charge in [0.2, 0.25) is 0 Å². The first-order valence-corrected chi connectivity index (χ1v) is 3.05. The van der Waals surface area contributed by atoms with E-state index in [1.165, 1.54) is 0 Å². The average Bonchev–Trinajstić information content (AvgIpc) is 2.59. The molecular weight excluding hydrogens is 130 g/mol. The van der Waals surface area contributed by atoms with Gasteiger partial charge in [0.15, 0.2) is 0 Å². The van der Waals surface area contributed by atoms with Crippen molar-refractivity contribution >= 4 is 6.21 Å². The molecule has 10 heavy (non-hydrogen) atoms. The molecule has 1 aliphatic heterocycles. The van der Waals surface area contributed by atoms with Gasteiger partial charge < -0.3 is 0 Å². The summed E-state index contributed by atoms with van der Waals surface area (Å²) >= 11 is 0. The summed E-state index contributed by atoms with van der Waals surface area (Å²) in [5.74, 6) is 0. The minimum absolute atomic E-state index is 0.706. The Bertz CT molecular complexity index is 218. The van der Waals surface area contributed by atoms with Gasteiger partial charge in [0, 0.05) is 6.21 Å². The van der Waals surface area contributed by atoms with Crippen LogP contribution in [0.25, 0.3) is 0 Å². The summed E-state index contributed by atoms with van der Waals surface area (Å²) in [4.78, 5) is 4.05. The van der Waals surface area contributed by atoms with Crippen LogP contribution in [0.1, 0.15) is 0 Å². The van der Waals surface area contributed by atoms with E-state index in [9.17, 15) is 0 Å². The minimum atomic E-state index is 0.706. The Morgan fingerprint density at radius 2 is 2.00 bits per heavy atom. The Morgan fingerprint density at radius 1 is 1.20 bits per heavy atom. The number of nitrogens with zero attached hydrogens (tertiary/aromatic N) is 5. The summed E-state index contributed by atoms with van der Waals surface area (Å²) in [6.07, 6.45) is 5.20. The summed E-state index contributed by atoms with van der Waals surface area (Å²) < 4.78 is 1.83. The normalized spacial score (nSPS) is 16.6. The zero-order valence-electron chi connectivity index (χ0n) is 5.38. The van der Waals surface area contributed by atoms with Crippen LogP contribution < -0.4 is 5.01 Å². The third kappa shape index (κ3) is 0.754. The van der Waals surface area contributed by atoms with Gasteiger partial charge in [-0.25, -0.2) is 4.68 Å². The second kappa shape index (κ2) is 2.09. The fraction of sp³-hybridized carbons (Fsp3) is 0.400. The monoisotopic (exact) mass is 137 g/mol. The Labute approximate surface area is 58.0 Å². The molecule has 0 amide bonds. The SMILES string of the molecule is C1=NCN(n2cnnc2)C1. The second-order valence-electron chi connectivity index (χ2n) is 2.04. The van der Waals surface area contributed by atoms with Crippen molar-refractivity contribution < 1.29 is 0 Å². The molecule has 0 radical (unpaired) electrons. The molecule has 0 bridgehead atoms. The van der Waals surface area contributed by atoms with Crippen LogP contribution in [-0.2, 0) is 0 Å². The Kier molecular flexibility index (Phi) is 1.13. The predicted molar refractivity (Wildman–Crippen MR) is 36.5 cm³/mol. The molecule has 0 fully saturated rings. The number of rotatable bonds is 1. The van der Waals surface area contributed by atoms with Crippen LogP contribution in [0.3, 0.4) is 0 Å². The molecule has 1 aromatic rings. The Morgan fingerprint density at radius 3 is 2.60 bits per heavy atom. The largest absolute Gasteiger partial charge is 0.284 e. The fourth-order valence-electron chi connectivity index (χ4n) is 0.870. The van der Waals surface area contributed by atoms with Crippen LogP contribution >= 0.6 is 0 Å². The highest BCUT2D eigenvalue weighted by Gasteiger charge is 2.05. The molecule has 0 aromatic carbocycles. The van der Waals surface area contributed by atoms with Crippen molar-refractivity contribution in [1.82, 2.24) is 14.9 Å². The van der Waals surface area contributed by atoms with Crippen molar-refractivity contribution in [3.63, 3.8) is 0 Å². The maximum absolute atomic E-state index is 4.05. The molecule has 52 valence electrons. The van der Waals surface area contributed by atoms with E-state index >= 15 is 0 Å². The fourth-order valence-corrected chi connectivity index (χ4v) is 0.870. The molecule has 0 unspecified atom stereocenters. The number of aromatic nitrogens is 3. The van der Waals surface area contributed by atoms with Gasteiger partial charge in [-0.2, -0.15) is 0 Å². The highest BCUT2D eigenvalue weighted by Crippen LogP contribution is 1.92. The number of hydrogen-bond acceptors (Lipinski definition) is 4. The van der Waals surface area contributed by atoms with Crippen LogP contribution in [0.15, 0.2) is 17.6 Å². The zero-order chi connectivity index (χ0) is 6.81. The van der Waals surface area contributed by atoms with Crippen molar-refractivity contribution in [2.75, 3.05) is 18.2 Å². The quantitative estimate of drug-likeness (QED) is 0.512. The maximum atomic E-state index is 4.05. The van der Waals surface area contributed by atoms with Gasteiger partial charge in [-0.1, -0.05) is 0 Å². The van der Waals surface area contributed by atoms with Crippen molar-refractivity contribution in [3.05, 3.63) is 12.7 Å². The first-order chi connectivity index (χ1) is 4.97. The molecule has 5 heteroatoms. The highest BCUT2D eigenvalue weighted by atomic mass is 15.6. The van der Waals surface area contributed by atoms with E-state index in [-0.39, 0.29) is 0 Å². The van der Waals surface area contributed by atoms with E-state index in [0.29, 0.717) is 6.67 Å². The smallest absolute Gasteiger partial charge is 0.139 e. The van der Waals surface area contributed by atoms with Crippen molar-refractivity contribution in [2.24, 2.45) is 4.99 Å². The van der Waals surface area contributed by atoms with E-state index in [4.69, 9.17) is 0 Å². The van der Waals surface area contributed by atoms with Crippen LogP contribution in [0.2, 0.25) is 0 Å². The zero-order valence-corrected chi connectivity index (χ0v) is 5.38. The molecule has 1 aromatic heterocycles. The topological polar surface area (TPSA) is 46.3 Å². The van der Waals surface area contributed by atoms with Crippen LogP contribution in [0.4, 0.5) is 0 Å². The molecule has 0 atom stereocenters. The van der Waals surface area contributed by atoms with Crippen LogP contribution in [0, 0.1) is 0 Å². The maximum Gasteiger partial charge on any atom is 0.139 e. The number of aliphatic imine (C=N–C) groups is 1. The predicted octanol–water partition coefficient (Wildman–Crippen LogP) is -0.742. The third-order valence-corrected chi connectivity index (χ3v) is 1.40. The number of hydrogen-bond donors (Lipinski definition) is 0. The average molecular weight is 137 g/mol. The Hall–Kier alpha value is -1.39. The summed E-state index contributed by atoms with van der Waals surface area (Å²) in [6.45, 7) is 1.55. The first kappa shape index (κ1) is 5.40. The minimum Gasteiger partial charge on any atom is -0.284 e. The summed E-state index contributed by atoms with van der Waals surface area (Å²) in [7, 11) is 0. The Balaban J connectivity index is 2.14. The van der Waals surface area contributed by atoms with Gasteiger partial charge in [0.1, 0.15) is 19.3 Å². The molecule has 2 rings (SSSR count). The van der Waals surface area contributed by atoms with E-state index in [0.717, 1.165) is 6.54 Å². The standard InChI is InChI=1S/C5H7N5/c1-2-9(3-6-1)10-4-7-8-5-10/h1,4-5H,2-3H2. The van der Waals surface area contributed by atoms with Gasteiger partial charge in [0.05, 0.1) is 6.54 Å². The van der Waals surface area contributed by atoms with Crippen molar-refractivity contribution in [2.45, 2.75) is 0 Å². The molecule has 0 spiro atoms. The van der Waals surface area contributed by atoms with E-state index in [2.05, 4.69) is 15.2 Å². The lowest BCUT2D eigenvalue weighted by molar-refractivity contribution is 0.661. The molecule has 0 saturated carbocycles. The van der Waals surface area contributed by atoms with Gasteiger partial charge in [0.25, 0.3) is 0 Å². The summed E-state index contributed by atoms with van der Waals surface area (Å²) in [6, 6.07) is 0. The van der Waals surface area contributed by atoms with E-state index < -0.39 is 0 Å². The highest BCUT2D eigenvalue weighted by molar-refractivity contribution is 5.64. The third-order valence-electron chi connectivity index (χ3n) is 1.40. The molecule has 5 nitrogen and oxygen atoms in total. The van der Waals surface area contributed by atoms with Gasteiger partial charge in [-0.3, -0.25) is 10.0 Å². The lowest BCUT2D eigenvalue weighted by Gasteiger charge is -2.14. The van der Waals surface area contributed by atoms with Gasteiger partial charge in [-0.15, -0.1) is 10.2 Å². The second-order valence-corrected chi connectivity index (χ2v) is 2.04. The first-order valence-electron chi connectivity index (χ1n) is 3.05. The molecule has 1 aliphatic rings. The molecule has 2 heterocycles. The van der Waals surface area contributed by atoms with E-state index in [1.807, 2.05) is 15.9 Å².